The van der Waals surface area contributed by atoms with Gasteiger partial charge in [-0.1, -0.05) is 19.3 Å². The number of carbonyl (C=O) groups is 2. The summed E-state index contributed by atoms with van der Waals surface area (Å²) in [7, 11) is 0. The minimum Gasteiger partial charge on any atom is -0.450 e. The highest BCUT2D eigenvalue weighted by Crippen LogP contribution is 2.33. The van der Waals surface area contributed by atoms with Crippen molar-refractivity contribution in [3.8, 4) is 0 Å². The number of amides is 1. The van der Waals surface area contributed by atoms with E-state index in [0.717, 1.165) is 50.9 Å². The fourth-order valence-electron chi connectivity index (χ4n) is 3.90. The number of hydrogen-bond donors (Lipinski definition) is 1. The second kappa shape index (κ2) is 9.16. The number of nitrogens with one attached hydrogen (secondary N) is 1. The zero-order chi connectivity index (χ0) is 20.0. The van der Waals surface area contributed by atoms with Crippen LogP contribution in [0.5, 0.6) is 0 Å². The van der Waals surface area contributed by atoms with E-state index in [1.54, 1.807) is 0 Å². The molecule has 1 aliphatic heterocycles. The summed E-state index contributed by atoms with van der Waals surface area (Å²) in [5.74, 6) is -2.19. The van der Waals surface area contributed by atoms with Crippen LogP contribution in [0.15, 0.2) is 16.5 Å². The van der Waals surface area contributed by atoms with Gasteiger partial charge in [-0.2, -0.15) is 0 Å². The molecule has 1 aliphatic carbocycles. The van der Waals surface area contributed by atoms with Crippen molar-refractivity contribution in [1.82, 2.24) is 10.2 Å². The van der Waals surface area contributed by atoms with E-state index < -0.39 is 29.3 Å². The summed E-state index contributed by atoms with van der Waals surface area (Å²) in [6.45, 7) is 3.12. The molecule has 1 aromatic heterocycles. The smallest absolute Gasteiger partial charge is 0.433 e. The fraction of sp³-hybridized carbons (Fsp3) is 0.667. The van der Waals surface area contributed by atoms with Gasteiger partial charge in [-0.05, 0) is 18.9 Å². The molecule has 3 rings (SSSR count). The fourth-order valence-corrected chi connectivity index (χ4v) is 3.90. The highest BCUT2D eigenvalue weighted by atomic mass is 16.7. The second-order valence-electron chi connectivity index (χ2n) is 7.13. The maximum atomic E-state index is 12.2. The maximum absolute atomic E-state index is 12.2. The molecule has 2 heterocycles. The molecule has 0 radical (unpaired) electrons. The molecule has 10 heteroatoms. The molecule has 1 aromatic rings. The Morgan fingerprint density at radius 3 is 2.57 bits per heavy atom. The van der Waals surface area contributed by atoms with Crippen LogP contribution < -0.4 is 5.32 Å². The Balaban J connectivity index is 1.50. The Morgan fingerprint density at radius 2 is 1.93 bits per heavy atom. The SMILES string of the molecule is O=C(COC(=O)c1ccc([N+](=O)[O-])o1)NCC1(N2CCOCC2)CCCCC1. The van der Waals surface area contributed by atoms with Crippen LogP contribution in [0.25, 0.3) is 0 Å². The van der Waals surface area contributed by atoms with Crippen molar-refractivity contribution in [1.29, 1.82) is 0 Å². The van der Waals surface area contributed by atoms with Gasteiger partial charge < -0.3 is 19.2 Å². The van der Waals surface area contributed by atoms with E-state index in [0.29, 0.717) is 19.8 Å². The number of nitrogens with zero attached hydrogens (tertiary/aromatic N) is 2. The van der Waals surface area contributed by atoms with Crippen molar-refractivity contribution in [2.24, 2.45) is 0 Å². The molecule has 2 aliphatic rings. The van der Waals surface area contributed by atoms with E-state index in [2.05, 4.69) is 10.2 Å². The first-order chi connectivity index (χ1) is 13.5. The van der Waals surface area contributed by atoms with Crippen LogP contribution in [0.3, 0.4) is 0 Å². The molecule has 2 fully saturated rings. The summed E-state index contributed by atoms with van der Waals surface area (Å²) in [6.07, 6.45) is 5.48. The quantitative estimate of drug-likeness (QED) is 0.418. The van der Waals surface area contributed by atoms with E-state index in [1.807, 2.05) is 0 Å². The molecular weight excluding hydrogens is 370 g/mol. The summed E-state index contributed by atoms with van der Waals surface area (Å²) in [4.78, 5) is 36.3. The highest BCUT2D eigenvalue weighted by Gasteiger charge is 2.38. The number of nitro groups is 1. The predicted molar refractivity (Wildman–Crippen MR) is 96.9 cm³/mol. The summed E-state index contributed by atoms with van der Waals surface area (Å²) >= 11 is 0. The summed E-state index contributed by atoms with van der Waals surface area (Å²) in [5.41, 5.74) is -0.0800. The Hall–Kier alpha value is -2.46. The van der Waals surface area contributed by atoms with Gasteiger partial charge in [0, 0.05) is 25.2 Å². The van der Waals surface area contributed by atoms with Crippen molar-refractivity contribution in [3.63, 3.8) is 0 Å². The monoisotopic (exact) mass is 395 g/mol. The molecule has 0 aromatic carbocycles. The summed E-state index contributed by atoms with van der Waals surface area (Å²) in [5, 5.41) is 13.5. The molecule has 28 heavy (non-hydrogen) atoms. The Labute approximate surface area is 162 Å². The number of furan rings is 1. The van der Waals surface area contributed by atoms with Crippen molar-refractivity contribution in [3.05, 3.63) is 28.0 Å². The van der Waals surface area contributed by atoms with E-state index in [9.17, 15) is 19.7 Å². The lowest BCUT2D eigenvalue weighted by Gasteiger charge is -2.48. The van der Waals surface area contributed by atoms with Crippen LogP contribution >= 0.6 is 0 Å². The van der Waals surface area contributed by atoms with Crippen molar-refractivity contribution in [2.45, 2.75) is 37.6 Å². The molecule has 154 valence electrons. The molecule has 1 N–H and O–H groups in total. The summed E-state index contributed by atoms with van der Waals surface area (Å²) in [6, 6.07) is 2.21. The second-order valence-corrected chi connectivity index (χ2v) is 7.13. The third kappa shape index (κ3) is 4.87. The number of carbonyl (C=O) groups excluding carboxylic acids is 2. The zero-order valence-electron chi connectivity index (χ0n) is 15.7. The van der Waals surface area contributed by atoms with Gasteiger partial charge in [0.15, 0.2) is 6.61 Å². The number of esters is 1. The molecule has 0 atom stereocenters. The van der Waals surface area contributed by atoms with Crippen LogP contribution in [-0.4, -0.2) is 66.7 Å². The van der Waals surface area contributed by atoms with Crippen molar-refractivity contribution < 1.29 is 28.4 Å². The number of ether oxygens (including phenoxy) is 2. The minimum absolute atomic E-state index is 0.0800. The van der Waals surface area contributed by atoms with Gasteiger partial charge >= 0.3 is 11.9 Å². The van der Waals surface area contributed by atoms with Gasteiger partial charge in [0.25, 0.3) is 5.91 Å². The number of morpholine rings is 1. The van der Waals surface area contributed by atoms with E-state index in [-0.39, 0.29) is 11.3 Å². The first kappa shape index (κ1) is 20.3. The summed E-state index contributed by atoms with van der Waals surface area (Å²) < 4.78 is 15.1. The van der Waals surface area contributed by atoms with Crippen LogP contribution in [0, 0.1) is 10.1 Å². The topological polar surface area (TPSA) is 124 Å². The van der Waals surface area contributed by atoms with Crippen molar-refractivity contribution >= 4 is 17.8 Å². The van der Waals surface area contributed by atoms with E-state index in [4.69, 9.17) is 13.9 Å². The van der Waals surface area contributed by atoms with Crippen molar-refractivity contribution in [2.75, 3.05) is 39.5 Å². The lowest BCUT2D eigenvalue weighted by molar-refractivity contribution is -0.402. The third-order valence-electron chi connectivity index (χ3n) is 5.39. The maximum Gasteiger partial charge on any atom is 0.433 e. The molecular formula is C18H25N3O7. The lowest BCUT2D eigenvalue weighted by Crippen LogP contribution is -2.59. The average Bonchev–Trinajstić information content (AvgIpc) is 3.23. The molecule has 0 unspecified atom stereocenters. The standard InChI is InChI=1S/C18H25N3O7/c22-15(12-27-17(23)14-4-5-16(28-14)21(24)25)19-13-18(6-2-1-3-7-18)20-8-10-26-11-9-20/h4-5H,1-3,6-13H2,(H,19,22). The molecule has 1 saturated heterocycles. The first-order valence-electron chi connectivity index (χ1n) is 9.51. The molecule has 1 saturated carbocycles. The van der Waals surface area contributed by atoms with E-state index in [1.165, 1.54) is 6.42 Å². The van der Waals surface area contributed by atoms with Crippen LogP contribution in [0.1, 0.15) is 42.7 Å². The third-order valence-corrected chi connectivity index (χ3v) is 5.39. The first-order valence-corrected chi connectivity index (χ1v) is 9.51. The van der Waals surface area contributed by atoms with Gasteiger partial charge in [0.1, 0.15) is 4.92 Å². The Kier molecular flexibility index (Phi) is 6.63. The largest absolute Gasteiger partial charge is 0.450 e. The zero-order valence-corrected chi connectivity index (χ0v) is 15.7. The lowest BCUT2D eigenvalue weighted by atomic mass is 9.79. The van der Waals surface area contributed by atoms with Gasteiger partial charge in [-0.25, -0.2) is 4.79 Å². The predicted octanol–water partition coefficient (Wildman–Crippen LogP) is 1.50. The van der Waals surface area contributed by atoms with Gasteiger partial charge in [0.2, 0.25) is 5.76 Å². The normalized spacial score (nSPS) is 19.7. The Bertz CT molecular complexity index is 706. The van der Waals surface area contributed by atoms with Crippen LogP contribution in [-0.2, 0) is 14.3 Å². The highest BCUT2D eigenvalue weighted by molar-refractivity contribution is 5.89. The molecule has 1 amide bonds. The van der Waals surface area contributed by atoms with Gasteiger partial charge in [0.05, 0.1) is 19.3 Å². The van der Waals surface area contributed by atoms with E-state index >= 15 is 0 Å². The number of hydrogen-bond acceptors (Lipinski definition) is 8. The molecule has 0 spiro atoms. The molecule has 0 bridgehead atoms. The van der Waals surface area contributed by atoms with Crippen LogP contribution in [0.2, 0.25) is 0 Å². The average molecular weight is 395 g/mol. The van der Waals surface area contributed by atoms with Gasteiger partial charge in [-0.15, -0.1) is 0 Å². The van der Waals surface area contributed by atoms with Gasteiger partial charge in [-0.3, -0.25) is 19.8 Å². The molecule has 10 nitrogen and oxygen atoms in total. The Morgan fingerprint density at radius 1 is 1.21 bits per heavy atom. The van der Waals surface area contributed by atoms with Crippen LogP contribution in [0.4, 0.5) is 5.88 Å². The number of rotatable bonds is 7. The minimum atomic E-state index is -0.913.